The van der Waals surface area contributed by atoms with Crippen LogP contribution in [0.5, 0.6) is 0 Å². The Balaban J connectivity index is 1.85. The molecule has 4 heterocycles. The third kappa shape index (κ3) is 2.14. The van der Waals surface area contributed by atoms with Crippen molar-refractivity contribution in [3.63, 3.8) is 0 Å². The molecule has 125 valence electrons. The van der Waals surface area contributed by atoms with Crippen molar-refractivity contribution in [1.82, 2.24) is 29.3 Å². The SMILES string of the molecule is Nc1nc(-n2c[c]cn2)nc2c1ncn2[C@@]1(O)C[C@H](O)[C@@H](CO)O1. The first-order valence-corrected chi connectivity index (χ1v) is 7.13. The maximum absolute atomic E-state index is 10.7. The van der Waals surface area contributed by atoms with Crippen molar-refractivity contribution >= 4 is 17.0 Å². The van der Waals surface area contributed by atoms with Crippen LogP contribution in [0.1, 0.15) is 6.42 Å². The molecule has 0 aliphatic carbocycles. The Morgan fingerprint density at radius 2 is 2.29 bits per heavy atom. The molecule has 0 spiro atoms. The summed E-state index contributed by atoms with van der Waals surface area (Å²) in [6, 6.07) is 2.76. The van der Waals surface area contributed by atoms with Crippen molar-refractivity contribution in [2.45, 2.75) is 24.5 Å². The summed E-state index contributed by atoms with van der Waals surface area (Å²) in [5, 5.41) is 33.8. The van der Waals surface area contributed by atoms with Gasteiger partial charge in [-0.2, -0.15) is 15.1 Å². The number of aliphatic hydroxyl groups excluding tert-OH is 2. The van der Waals surface area contributed by atoms with Gasteiger partial charge >= 0.3 is 0 Å². The minimum atomic E-state index is -1.91. The van der Waals surface area contributed by atoms with E-state index in [1.54, 1.807) is 0 Å². The number of nitrogens with zero attached hydrogens (tertiary/aromatic N) is 6. The number of aromatic nitrogens is 6. The van der Waals surface area contributed by atoms with Gasteiger partial charge in [0.25, 0.3) is 11.9 Å². The minimum absolute atomic E-state index is 0.102. The normalized spacial score (nSPS) is 27.1. The smallest absolute Gasteiger partial charge is 0.258 e. The predicted octanol–water partition coefficient (Wildman–Crippen LogP) is -1.86. The van der Waals surface area contributed by atoms with E-state index in [2.05, 4.69) is 26.1 Å². The Kier molecular flexibility index (Phi) is 3.25. The quantitative estimate of drug-likeness (QED) is 0.431. The molecule has 1 fully saturated rings. The highest BCUT2D eigenvalue weighted by molar-refractivity contribution is 5.82. The van der Waals surface area contributed by atoms with E-state index in [9.17, 15) is 15.3 Å². The number of imidazole rings is 1. The van der Waals surface area contributed by atoms with Crippen molar-refractivity contribution in [2.24, 2.45) is 0 Å². The second-order valence-corrected chi connectivity index (χ2v) is 5.43. The fourth-order valence-corrected chi connectivity index (χ4v) is 2.70. The fourth-order valence-electron chi connectivity index (χ4n) is 2.70. The van der Waals surface area contributed by atoms with Crippen LogP contribution in [-0.2, 0) is 10.6 Å². The van der Waals surface area contributed by atoms with E-state index in [-0.39, 0.29) is 29.4 Å². The lowest BCUT2D eigenvalue weighted by atomic mass is 10.2. The van der Waals surface area contributed by atoms with Gasteiger partial charge < -0.3 is 25.8 Å². The Morgan fingerprint density at radius 1 is 1.46 bits per heavy atom. The first-order valence-electron chi connectivity index (χ1n) is 7.13. The van der Waals surface area contributed by atoms with Gasteiger partial charge in [0.1, 0.15) is 12.4 Å². The molecule has 3 aromatic rings. The van der Waals surface area contributed by atoms with E-state index < -0.39 is 24.7 Å². The summed E-state index contributed by atoms with van der Waals surface area (Å²) in [6.45, 7) is -0.429. The Bertz CT molecular complexity index is 880. The minimum Gasteiger partial charge on any atom is -0.394 e. The molecule has 0 saturated carbocycles. The highest BCUT2D eigenvalue weighted by Crippen LogP contribution is 2.35. The van der Waals surface area contributed by atoms with E-state index in [4.69, 9.17) is 10.5 Å². The maximum Gasteiger partial charge on any atom is 0.258 e. The van der Waals surface area contributed by atoms with Gasteiger partial charge in [-0.3, -0.25) is 4.57 Å². The van der Waals surface area contributed by atoms with Crippen LogP contribution in [-0.4, -0.2) is 63.4 Å². The van der Waals surface area contributed by atoms with Gasteiger partial charge in [-0.05, 0) is 0 Å². The van der Waals surface area contributed by atoms with Crippen LogP contribution >= 0.6 is 0 Å². The molecule has 1 radical (unpaired) electrons. The molecule has 1 aliphatic heterocycles. The monoisotopic (exact) mass is 332 g/mol. The molecular weight excluding hydrogens is 318 g/mol. The van der Waals surface area contributed by atoms with E-state index in [0.29, 0.717) is 0 Å². The van der Waals surface area contributed by atoms with Crippen LogP contribution in [0.3, 0.4) is 0 Å². The average molecular weight is 332 g/mol. The standard InChI is InChI=1S/C13H14N7O4/c14-10-9-11(18-12(17-10)20-3-1-2-16-20)19(6-15-9)13(23)4-7(22)8(5-21)24-13/h2-3,6-8,21-23H,4-5H2,(H2,14,17,18)/t7-,8+,13+/m0/s1. The summed E-state index contributed by atoms with van der Waals surface area (Å²) in [5.74, 6) is -1.63. The van der Waals surface area contributed by atoms with Gasteiger partial charge in [-0.25, -0.2) is 9.67 Å². The molecule has 1 aliphatic rings. The second kappa shape index (κ2) is 5.21. The van der Waals surface area contributed by atoms with Crippen LogP contribution in [0.2, 0.25) is 0 Å². The summed E-state index contributed by atoms with van der Waals surface area (Å²) in [4.78, 5) is 12.5. The molecule has 0 aromatic carbocycles. The second-order valence-electron chi connectivity index (χ2n) is 5.43. The van der Waals surface area contributed by atoms with Gasteiger partial charge in [-0.15, -0.1) is 0 Å². The zero-order chi connectivity index (χ0) is 16.9. The molecule has 0 unspecified atom stereocenters. The number of ether oxygens (including phenoxy) is 1. The molecule has 24 heavy (non-hydrogen) atoms. The van der Waals surface area contributed by atoms with E-state index in [0.717, 1.165) is 0 Å². The summed E-state index contributed by atoms with van der Waals surface area (Å²) < 4.78 is 7.99. The molecular formula is C13H14N7O4. The molecule has 0 bridgehead atoms. The van der Waals surface area contributed by atoms with Crippen molar-refractivity contribution in [2.75, 3.05) is 12.3 Å². The number of hydrogen-bond donors (Lipinski definition) is 4. The first kappa shape index (κ1) is 15.0. The highest BCUT2D eigenvalue weighted by atomic mass is 16.7. The summed E-state index contributed by atoms with van der Waals surface area (Å²) >= 11 is 0. The lowest BCUT2D eigenvalue weighted by Gasteiger charge is -2.24. The molecule has 5 N–H and O–H groups in total. The number of hydrogen-bond acceptors (Lipinski definition) is 9. The lowest BCUT2D eigenvalue weighted by molar-refractivity contribution is -0.254. The van der Waals surface area contributed by atoms with Crippen LogP contribution in [0.25, 0.3) is 17.1 Å². The van der Waals surface area contributed by atoms with E-state index in [1.807, 2.05) is 0 Å². The van der Waals surface area contributed by atoms with Crippen molar-refractivity contribution < 1.29 is 20.1 Å². The van der Waals surface area contributed by atoms with Gasteiger partial charge in [0.2, 0.25) is 0 Å². The van der Waals surface area contributed by atoms with Gasteiger partial charge in [0.05, 0.1) is 25.3 Å². The number of aliphatic hydroxyl groups is 3. The predicted molar refractivity (Wildman–Crippen MR) is 78.5 cm³/mol. The Labute approximate surface area is 135 Å². The van der Waals surface area contributed by atoms with Crippen LogP contribution in [0, 0.1) is 6.07 Å². The van der Waals surface area contributed by atoms with Crippen molar-refractivity contribution in [3.05, 3.63) is 24.8 Å². The molecule has 1 saturated heterocycles. The van der Waals surface area contributed by atoms with Gasteiger partial charge in [-0.1, -0.05) is 0 Å². The molecule has 4 rings (SSSR count). The molecule has 11 heteroatoms. The maximum atomic E-state index is 10.7. The summed E-state index contributed by atoms with van der Waals surface area (Å²) in [5.41, 5.74) is 6.39. The highest BCUT2D eigenvalue weighted by Gasteiger charge is 2.47. The zero-order valence-electron chi connectivity index (χ0n) is 12.3. The number of nitrogens with two attached hydrogens (primary N) is 1. The van der Waals surface area contributed by atoms with Crippen molar-refractivity contribution in [3.8, 4) is 5.95 Å². The summed E-state index contributed by atoms with van der Waals surface area (Å²) in [6.07, 6.45) is 2.16. The van der Waals surface area contributed by atoms with Crippen LogP contribution in [0.4, 0.5) is 5.82 Å². The third-order valence-corrected chi connectivity index (χ3v) is 3.87. The molecule has 3 atom stereocenters. The van der Waals surface area contributed by atoms with Gasteiger partial charge in [0.15, 0.2) is 17.0 Å². The van der Waals surface area contributed by atoms with Crippen molar-refractivity contribution in [1.29, 1.82) is 0 Å². The third-order valence-electron chi connectivity index (χ3n) is 3.87. The first-order chi connectivity index (χ1) is 11.5. The zero-order valence-corrected chi connectivity index (χ0v) is 12.3. The van der Waals surface area contributed by atoms with Crippen LogP contribution in [0.15, 0.2) is 18.7 Å². The number of fused-ring (bicyclic) bond motifs is 1. The number of rotatable bonds is 3. The number of anilines is 1. The fraction of sp³-hybridized carbons (Fsp3) is 0.385. The lowest BCUT2D eigenvalue weighted by Crippen LogP contribution is -2.33. The Morgan fingerprint density at radius 3 is 2.96 bits per heavy atom. The molecule has 11 nitrogen and oxygen atoms in total. The van der Waals surface area contributed by atoms with E-state index in [1.165, 1.54) is 28.0 Å². The average Bonchev–Trinajstić information content (AvgIpc) is 3.25. The topological polar surface area (TPSA) is 157 Å². The summed E-state index contributed by atoms with van der Waals surface area (Å²) in [7, 11) is 0. The molecule has 3 aromatic heterocycles. The number of nitrogen functional groups attached to an aromatic ring is 1. The molecule has 0 amide bonds. The Hall–Kier alpha value is -2.60. The van der Waals surface area contributed by atoms with E-state index >= 15 is 0 Å². The van der Waals surface area contributed by atoms with Gasteiger partial charge in [0, 0.05) is 12.3 Å². The van der Waals surface area contributed by atoms with Crippen LogP contribution < -0.4 is 5.73 Å². The largest absolute Gasteiger partial charge is 0.394 e.